The van der Waals surface area contributed by atoms with Crippen molar-refractivity contribution in [3.63, 3.8) is 0 Å². The lowest BCUT2D eigenvalue weighted by Crippen LogP contribution is -2.18. The van der Waals surface area contributed by atoms with Crippen molar-refractivity contribution < 1.29 is 9.59 Å². The fraction of sp³-hybridized carbons (Fsp3) is 0.400. The summed E-state index contributed by atoms with van der Waals surface area (Å²) in [5.41, 5.74) is 8.72. The van der Waals surface area contributed by atoms with Gasteiger partial charge in [-0.3, -0.25) is 9.59 Å². The summed E-state index contributed by atoms with van der Waals surface area (Å²) in [5, 5.41) is 6.51. The first-order valence-electron chi connectivity index (χ1n) is 11.0. The number of unbranched alkanes of at least 4 members (excludes halogenated alkanes) is 2. The van der Waals surface area contributed by atoms with Gasteiger partial charge >= 0.3 is 0 Å². The van der Waals surface area contributed by atoms with E-state index in [1.54, 1.807) is 12.1 Å². The molecule has 0 heterocycles. The molecular formula is C25H34N4O2. The molecule has 2 rings (SSSR count). The third-order valence-electron chi connectivity index (χ3n) is 5.50. The summed E-state index contributed by atoms with van der Waals surface area (Å²) in [6.45, 7) is 3.71. The minimum Gasteiger partial charge on any atom is -0.398 e. The van der Waals surface area contributed by atoms with Crippen LogP contribution in [0.4, 0.5) is 11.4 Å². The van der Waals surface area contributed by atoms with E-state index in [9.17, 15) is 9.59 Å². The molecule has 1 aliphatic rings. The van der Waals surface area contributed by atoms with Crippen LogP contribution >= 0.6 is 0 Å². The summed E-state index contributed by atoms with van der Waals surface area (Å²) in [4.78, 5) is 24.3. The quantitative estimate of drug-likeness (QED) is 0.0662. The average molecular weight is 423 g/mol. The van der Waals surface area contributed by atoms with Gasteiger partial charge < -0.3 is 16.9 Å². The molecule has 0 saturated heterocycles. The van der Waals surface area contributed by atoms with Crippen LogP contribution < -0.4 is 16.9 Å². The molecule has 31 heavy (non-hydrogen) atoms. The number of nitrogens with zero attached hydrogens (tertiary/aromatic N) is 1. The normalized spacial score (nSPS) is 15.4. The minimum absolute atomic E-state index is 0.0438. The van der Waals surface area contributed by atoms with Gasteiger partial charge in [0.15, 0.2) is 6.29 Å². The van der Waals surface area contributed by atoms with Gasteiger partial charge in [0.2, 0.25) is 5.91 Å². The van der Waals surface area contributed by atoms with Crippen molar-refractivity contribution in [1.82, 2.24) is 0 Å². The second-order valence-corrected chi connectivity index (χ2v) is 7.95. The van der Waals surface area contributed by atoms with Crippen LogP contribution in [0.1, 0.15) is 73.7 Å². The summed E-state index contributed by atoms with van der Waals surface area (Å²) in [5.74, 6) is 5.76. The number of nitrogen functional groups attached to an aromatic ring is 1. The fourth-order valence-electron chi connectivity index (χ4n) is 3.97. The Morgan fingerprint density at radius 2 is 2.00 bits per heavy atom. The molecule has 0 spiro atoms. The van der Waals surface area contributed by atoms with E-state index >= 15 is 0 Å². The maximum absolute atomic E-state index is 12.5. The Kier molecular flexibility index (Phi) is 10.3. The highest BCUT2D eigenvalue weighted by Crippen LogP contribution is 2.30. The van der Waals surface area contributed by atoms with E-state index in [0.29, 0.717) is 40.4 Å². The molecular weight excluding hydrogens is 388 g/mol. The van der Waals surface area contributed by atoms with Crippen LogP contribution in [0.5, 0.6) is 0 Å². The van der Waals surface area contributed by atoms with Crippen LogP contribution in [-0.4, -0.2) is 18.4 Å². The van der Waals surface area contributed by atoms with Crippen molar-refractivity contribution in [2.45, 2.75) is 57.8 Å². The first kappa shape index (κ1) is 24.1. The topological polar surface area (TPSA) is 111 Å². The molecule has 1 fully saturated rings. The van der Waals surface area contributed by atoms with E-state index in [0.717, 1.165) is 38.4 Å². The smallest absolute Gasteiger partial charge is 0.224 e. The Labute approximate surface area is 185 Å². The van der Waals surface area contributed by atoms with Gasteiger partial charge in [0.1, 0.15) is 0 Å². The number of hydrazone groups is 1. The number of nitrogens with one attached hydrogen (secondary N) is 1. The van der Waals surface area contributed by atoms with Crippen LogP contribution in [0, 0.1) is 5.92 Å². The van der Waals surface area contributed by atoms with Gasteiger partial charge in [-0.15, -0.1) is 6.58 Å². The minimum atomic E-state index is -0.0438. The van der Waals surface area contributed by atoms with Gasteiger partial charge in [0.25, 0.3) is 0 Å². The van der Waals surface area contributed by atoms with E-state index < -0.39 is 0 Å². The Balaban J connectivity index is 2.18. The molecule has 1 aromatic rings. The van der Waals surface area contributed by atoms with Gasteiger partial charge in [-0.2, -0.15) is 5.10 Å². The Bertz CT molecular complexity index is 849. The molecule has 0 unspecified atom stereocenters. The highest BCUT2D eigenvalue weighted by Gasteiger charge is 2.18. The largest absolute Gasteiger partial charge is 0.398 e. The molecule has 1 amide bonds. The number of hydrogen-bond acceptors (Lipinski definition) is 5. The molecule has 5 N–H and O–H groups in total. The number of rotatable bonds is 11. The molecule has 0 aromatic heterocycles. The highest BCUT2D eigenvalue weighted by atomic mass is 16.1. The van der Waals surface area contributed by atoms with Crippen molar-refractivity contribution in [2.75, 3.05) is 11.1 Å². The lowest BCUT2D eigenvalue weighted by Gasteiger charge is -2.21. The second-order valence-electron chi connectivity index (χ2n) is 7.95. The van der Waals surface area contributed by atoms with Crippen LogP contribution in [0.2, 0.25) is 0 Å². The average Bonchev–Trinajstić information content (AvgIpc) is 2.75. The van der Waals surface area contributed by atoms with Gasteiger partial charge in [0.05, 0.1) is 6.21 Å². The number of amides is 1. The number of carbonyl (C=O) groups excluding carboxylic acids is 2. The highest BCUT2D eigenvalue weighted by molar-refractivity contribution is 6.15. The maximum atomic E-state index is 12.5. The fourth-order valence-corrected chi connectivity index (χ4v) is 3.97. The van der Waals surface area contributed by atoms with E-state index in [4.69, 9.17) is 11.6 Å². The van der Waals surface area contributed by atoms with Crippen molar-refractivity contribution in [1.29, 1.82) is 0 Å². The Morgan fingerprint density at radius 1 is 1.23 bits per heavy atom. The number of nitrogens with two attached hydrogens (primary N) is 2. The van der Waals surface area contributed by atoms with Crippen LogP contribution in [0.3, 0.4) is 0 Å². The number of carbonyl (C=O) groups is 2. The van der Waals surface area contributed by atoms with E-state index in [1.807, 2.05) is 24.3 Å². The van der Waals surface area contributed by atoms with Gasteiger partial charge in [-0.05, 0) is 50.2 Å². The lowest BCUT2D eigenvalue weighted by atomic mass is 9.87. The van der Waals surface area contributed by atoms with Crippen LogP contribution in [-0.2, 0) is 4.79 Å². The SMILES string of the molecule is C=CCCC/C=C/C=C(\C=N/N)c1c(N)cc(NC(=O)CC2CCCCC2)cc1C=O. The van der Waals surface area contributed by atoms with Crippen LogP contribution in [0.25, 0.3) is 5.57 Å². The van der Waals surface area contributed by atoms with Crippen molar-refractivity contribution in [2.24, 2.45) is 16.9 Å². The predicted molar refractivity (Wildman–Crippen MR) is 130 cm³/mol. The van der Waals surface area contributed by atoms with Gasteiger partial charge in [-0.1, -0.05) is 43.6 Å². The number of aldehydes is 1. The molecule has 166 valence electrons. The molecule has 6 nitrogen and oxygen atoms in total. The number of allylic oxidation sites excluding steroid dienone is 5. The zero-order chi connectivity index (χ0) is 22.5. The second kappa shape index (κ2) is 13.2. The first-order valence-corrected chi connectivity index (χ1v) is 11.0. The number of benzene rings is 1. The molecule has 0 aliphatic heterocycles. The summed E-state index contributed by atoms with van der Waals surface area (Å²) in [6, 6.07) is 3.32. The molecule has 0 radical (unpaired) electrons. The molecule has 0 atom stereocenters. The number of hydrogen-bond donors (Lipinski definition) is 3. The predicted octanol–water partition coefficient (Wildman–Crippen LogP) is 5.23. The third kappa shape index (κ3) is 7.89. The van der Waals surface area contributed by atoms with E-state index in [-0.39, 0.29) is 5.91 Å². The summed E-state index contributed by atoms with van der Waals surface area (Å²) < 4.78 is 0. The molecule has 6 heteroatoms. The first-order chi connectivity index (χ1) is 15.1. The summed E-state index contributed by atoms with van der Waals surface area (Å²) in [7, 11) is 0. The number of anilines is 2. The maximum Gasteiger partial charge on any atom is 0.224 e. The summed E-state index contributed by atoms with van der Waals surface area (Å²) in [6.07, 6.45) is 19.1. The zero-order valence-corrected chi connectivity index (χ0v) is 18.2. The molecule has 1 aromatic carbocycles. The monoisotopic (exact) mass is 422 g/mol. The van der Waals surface area contributed by atoms with Gasteiger partial charge in [-0.25, -0.2) is 0 Å². The zero-order valence-electron chi connectivity index (χ0n) is 18.2. The van der Waals surface area contributed by atoms with Gasteiger partial charge in [0, 0.05) is 34.5 Å². The van der Waals surface area contributed by atoms with Crippen LogP contribution in [0.15, 0.2) is 48.1 Å². The Hall–Kier alpha value is -3.15. The molecule has 1 aliphatic carbocycles. The standard InChI is InChI=1S/C25H34N4O2/c1-2-3-4-5-6-10-13-20(17-28-27)25-21(18-30)15-22(16-23(25)26)29-24(31)14-19-11-8-7-9-12-19/h2,6,10,13,15-19H,1,3-5,7-9,11-12,14,26-27H2,(H,29,31)/b10-6+,20-13+,28-17-. The molecule has 0 bridgehead atoms. The lowest BCUT2D eigenvalue weighted by molar-refractivity contribution is -0.117. The van der Waals surface area contributed by atoms with Crippen molar-refractivity contribution >= 4 is 35.4 Å². The van der Waals surface area contributed by atoms with Crippen molar-refractivity contribution in [3.05, 3.63) is 54.1 Å². The van der Waals surface area contributed by atoms with E-state index in [1.165, 1.54) is 25.5 Å². The summed E-state index contributed by atoms with van der Waals surface area (Å²) >= 11 is 0. The molecule has 1 saturated carbocycles. The van der Waals surface area contributed by atoms with E-state index in [2.05, 4.69) is 17.0 Å². The Morgan fingerprint density at radius 3 is 2.68 bits per heavy atom. The van der Waals surface area contributed by atoms with Crippen molar-refractivity contribution in [3.8, 4) is 0 Å². The third-order valence-corrected chi connectivity index (χ3v) is 5.50.